The fourth-order valence-electron chi connectivity index (χ4n) is 2.90. The summed E-state index contributed by atoms with van der Waals surface area (Å²) in [6.45, 7) is 4.84. The van der Waals surface area contributed by atoms with Crippen LogP contribution in [0.15, 0.2) is 24.3 Å². The van der Waals surface area contributed by atoms with Gasteiger partial charge in [0.1, 0.15) is 0 Å². The van der Waals surface area contributed by atoms with Crippen molar-refractivity contribution in [2.45, 2.75) is 32.2 Å². The molecule has 7 heteroatoms. The molecular formula is C18H26Cl2N2O2S. The van der Waals surface area contributed by atoms with Gasteiger partial charge in [-0.3, -0.25) is 9.59 Å². The van der Waals surface area contributed by atoms with Gasteiger partial charge in [-0.2, -0.15) is 0 Å². The Morgan fingerprint density at radius 3 is 2.44 bits per heavy atom. The number of ketones is 1. The summed E-state index contributed by atoms with van der Waals surface area (Å²) in [6.07, 6.45) is 2.99. The van der Waals surface area contributed by atoms with E-state index in [9.17, 15) is 9.59 Å². The van der Waals surface area contributed by atoms with E-state index in [2.05, 4.69) is 12.2 Å². The lowest BCUT2D eigenvalue weighted by Crippen LogP contribution is -2.47. The number of carbonyl (C=O) groups excluding carboxylic acids is 2. The number of Topliss-reactive ketones (excluding diaryl/α,β-unsaturated/α-hetero) is 1. The normalized spacial score (nSPS) is 14.6. The molecule has 1 amide bonds. The van der Waals surface area contributed by atoms with E-state index in [0.29, 0.717) is 28.1 Å². The van der Waals surface area contributed by atoms with E-state index in [-0.39, 0.29) is 24.1 Å². The van der Waals surface area contributed by atoms with Gasteiger partial charge in [-0.15, -0.1) is 24.2 Å². The molecule has 0 aliphatic carbocycles. The van der Waals surface area contributed by atoms with E-state index < -0.39 is 0 Å². The number of benzene rings is 1. The first-order valence-corrected chi connectivity index (χ1v) is 10.0. The molecule has 2 rings (SSSR count). The van der Waals surface area contributed by atoms with Crippen molar-refractivity contribution in [3.05, 3.63) is 34.9 Å². The Balaban J connectivity index is 0.00000312. The molecule has 1 fully saturated rings. The molecule has 0 radical (unpaired) electrons. The molecule has 0 saturated carbocycles. The van der Waals surface area contributed by atoms with Gasteiger partial charge in [0.25, 0.3) is 0 Å². The minimum Gasteiger partial charge on any atom is -0.339 e. The highest BCUT2D eigenvalue weighted by Gasteiger charge is 2.24. The van der Waals surface area contributed by atoms with E-state index in [4.69, 9.17) is 11.6 Å². The topological polar surface area (TPSA) is 49.4 Å². The Labute approximate surface area is 165 Å². The minimum absolute atomic E-state index is 0. The zero-order valence-electron chi connectivity index (χ0n) is 14.5. The number of thioether (sulfide) groups is 1. The van der Waals surface area contributed by atoms with Gasteiger partial charge in [0.2, 0.25) is 5.91 Å². The van der Waals surface area contributed by atoms with Crippen LogP contribution in [0.25, 0.3) is 0 Å². The first kappa shape index (κ1) is 22.3. The lowest BCUT2D eigenvalue weighted by molar-refractivity contribution is -0.131. The Kier molecular flexibility index (Phi) is 10.5. The maximum Gasteiger partial charge on any atom is 0.232 e. The maximum absolute atomic E-state index is 12.6. The SMILES string of the molecule is CCCN(C(=O)CSCC(=O)c1ccc(Cl)cc1)C1CCNCC1.Cl. The van der Waals surface area contributed by atoms with Crippen LogP contribution in [0.2, 0.25) is 5.02 Å². The highest BCUT2D eigenvalue weighted by molar-refractivity contribution is 8.00. The predicted molar refractivity (Wildman–Crippen MR) is 108 cm³/mol. The molecule has 140 valence electrons. The molecule has 4 nitrogen and oxygen atoms in total. The molecule has 0 atom stereocenters. The number of piperidine rings is 1. The monoisotopic (exact) mass is 404 g/mol. The van der Waals surface area contributed by atoms with Gasteiger partial charge in [0.15, 0.2) is 5.78 Å². The first-order chi connectivity index (χ1) is 11.6. The summed E-state index contributed by atoms with van der Waals surface area (Å²) in [7, 11) is 0. The van der Waals surface area contributed by atoms with Gasteiger partial charge >= 0.3 is 0 Å². The van der Waals surface area contributed by atoms with Crippen LogP contribution in [0.1, 0.15) is 36.5 Å². The van der Waals surface area contributed by atoms with Crippen LogP contribution < -0.4 is 5.32 Å². The number of rotatable bonds is 8. The average Bonchev–Trinajstić information content (AvgIpc) is 2.60. The van der Waals surface area contributed by atoms with Gasteiger partial charge in [0.05, 0.1) is 11.5 Å². The molecule has 1 aliphatic rings. The third-order valence-electron chi connectivity index (χ3n) is 4.16. The highest BCUT2D eigenvalue weighted by atomic mass is 35.5. The van der Waals surface area contributed by atoms with Gasteiger partial charge < -0.3 is 10.2 Å². The van der Waals surface area contributed by atoms with Gasteiger partial charge in [-0.25, -0.2) is 0 Å². The molecule has 1 aliphatic heterocycles. The molecule has 0 bridgehead atoms. The van der Waals surface area contributed by atoms with Crippen molar-refractivity contribution in [1.82, 2.24) is 10.2 Å². The molecule has 0 spiro atoms. The van der Waals surface area contributed by atoms with Crippen molar-refractivity contribution in [2.75, 3.05) is 31.1 Å². The number of hydrogen-bond donors (Lipinski definition) is 1. The smallest absolute Gasteiger partial charge is 0.232 e. The Bertz CT molecular complexity index is 549. The second kappa shape index (κ2) is 11.8. The van der Waals surface area contributed by atoms with E-state index >= 15 is 0 Å². The Morgan fingerprint density at radius 1 is 1.20 bits per heavy atom. The maximum atomic E-state index is 12.6. The van der Waals surface area contributed by atoms with Crippen LogP contribution in [-0.2, 0) is 4.79 Å². The van der Waals surface area contributed by atoms with Crippen molar-refractivity contribution in [3.8, 4) is 0 Å². The van der Waals surface area contributed by atoms with Crippen molar-refractivity contribution in [2.24, 2.45) is 0 Å². The zero-order valence-corrected chi connectivity index (χ0v) is 16.9. The predicted octanol–water partition coefficient (Wildman–Crippen LogP) is 3.67. The van der Waals surface area contributed by atoms with Crippen LogP contribution in [0.4, 0.5) is 0 Å². The molecule has 1 heterocycles. The highest BCUT2D eigenvalue weighted by Crippen LogP contribution is 2.16. The lowest BCUT2D eigenvalue weighted by Gasteiger charge is -2.34. The summed E-state index contributed by atoms with van der Waals surface area (Å²) in [6, 6.07) is 7.22. The summed E-state index contributed by atoms with van der Waals surface area (Å²) >= 11 is 7.23. The first-order valence-electron chi connectivity index (χ1n) is 8.48. The molecule has 0 unspecified atom stereocenters. The number of hydrogen-bond acceptors (Lipinski definition) is 4. The Hall–Kier alpha value is -0.750. The molecular weight excluding hydrogens is 379 g/mol. The zero-order chi connectivity index (χ0) is 17.4. The average molecular weight is 405 g/mol. The fourth-order valence-corrected chi connectivity index (χ4v) is 3.82. The van der Waals surface area contributed by atoms with E-state index in [1.807, 2.05) is 4.90 Å². The van der Waals surface area contributed by atoms with Crippen LogP contribution in [0.5, 0.6) is 0 Å². The van der Waals surface area contributed by atoms with Gasteiger partial charge in [-0.1, -0.05) is 18.5 Å². The molecule has 1 aromatic carbocycles. The van der Waals surface area contributed by atoms with Crippen molar-refractivity contribution < 1.29 is 9.59 Å². The third kappa shape index (κ3) is 7.18. The molecule has 1 saturated heterocycles. The minimum atomic E-state index is 0. The van der Waals surface area contributed by atoms with E-state index in [1.165, 1.54) is 11.8 Å². The summed E-state index contributed by atoms with van der Waals surface area (Å²) in [5, 5.41) is 3.95. The summed E-state index contributed by atoms with van der Waals surface area (Å²) < 4.78 is 0. The molecule has 0 aromatic heterocycles. The quantitative estimate of drug-likeness (QED) is 0.671. The third-order valence-corrected chi connectivity index (χ3v) is 5.33. The largest absolute Gasteiger partial charge is 0.339 e. The molecule has 1 N–H and O–H groups in total. The number of nitrogens with one attached hydrogen (secondary N) is 1. The van der Waals surface area contributed by atoms with Gasteiger partial charge in [0, 0.05) is 23.2 Å². The van der Waals surface area contributed by atoms with Crippen molar-refractivity contribution >= 4 is 47.5 Å². The van der Waals surface area contributed by atoms with Crippen LogP contribution >= 0.6 is 35.8 Å². The van der Waals surface area contributed by atoms with Gasteiger partial charge in [-0.05, 0) is 56.6 Å². The number of nitrogens with zero attached hydrogens (tertiary/aromatic N) is 1. The fraction of sp³-hybridized carbons (Fsp3) is 0.556. The second-order valence-electron chi connectivity index (χ2n) is 5.99. The number of amides is 1. The Morgan fingerprint density at radius 2 is 1.84 bits per heavy atom. The van der Waals surface area contributed by atoms with E-state index in [0.717, 1.165) is 38.9 Å². The number of carbonyl (C=O) groups is 2. The van der Waals surface area contributed by atoms with Crippen molar-refractivity contribution in [3.63, 3.8) is 0 Å². The molecule has 25 heavy (non-hydrogen) atoms. The van der Waals surface area contributed by atoms with Crippen LogP contribution in [0, 0.1) is 0 Å². The lowest BCUT2D eigenvalue weighted by atomic mass is 10.0. The standard InChI is InChI=1S/C18H25ClN2O2S.ClH/c1-2-11-21(16-7-9-20-10-8-16)18(23)13-24-12-17(22)14-3-5-15(19)6-4-14;/h3-6,16,20H,2,7-13H2,1H3;1H. The molecule has 1 aromatic rings. The second-order valence-corrected chi connectivity index (χ2v) is 7.41. The summed E-state index contributed by atoms with van der Waals surface area (Å²) in [5.74, 6) is 0.869. The van der Waals surface area contributed by atoms with Crippen LogP contribution in [0.3, 0.4) is 0 Å². The van der Waals surface area contributed by atoms with Crippen LogP contribution in [-0.4, -0.2) is 53.8 Å². The summed E-state index contributed by atoms with van der Waals surface area (Å²) in [4.78, 5) is 26.7. The van der Waals surface area contributed by atoms with Crippen molar-refractivity contribution in [1.29, 1.82) is 0 Å². The summed E-state index contributed by atoms with van der Waals surface area (Å²) in [5.41, 5.74) is 0.642. The van der Waals surface area contributed by atoms with E-state index in [1.54, 1.807) is 24.3 Å². The number of halogens is 2.